The van der Waals surface area contributed by atoms with Crippen LogP contribution in [0.2, 0.25) is 10.0 Å². The molecule has 1 aromatic heterocycles. The number of nitrogens with one attached hydrogen (secondary N) is 1. The number of alkyl carbamates (subject to hydrolysis) is 1. The number of hydrogen-bond donors (Lipinski definition) is 1. The van der Waals surface area contributed by atoms with Crippen molar-refractivity contribution in [2.75, 3.05) is 7.05 Å². The Bertz CT molecular complexity index is 509. The van der Waals surface area contributed by atoms with E-state index < -0.39 is 6.09 Å². The first kappa shape index (κ1) is 16.3. The van der Waals surface area contributed by atoms with Gasteiger partial charge in [-0.05, 0) is 29.8 Å². The largest absolute Gasteiger partial charge is 0.445 e. The van der Waals surface area contributed by atoms with Crippen molar-refractivity contribution < 1.29 is 9.53 Å². The Labute approximate surface area is 127 Å². The van der Waals surface area contributed by atoms with Crippen molar-refractivity contribution in [3.8, 4) is 0 Å². The van der Waals surface area contributed by atoms with E-state index in [2.05, 4.69) is 10.3 Å². The number of halogens is 2. The number of pyridine rings is 1. The zero-order chi connectivity index (χ0) is 14.8. The molecule has 0 fully saturated rings. The molecule has 2 aromatic rings. The molecular formula is C14H14Cl2N2O2. The lowest BCUT2D eigenvalue weighted by Crippen LogP contribution is -2.18. The molecular weight excluding hydrogens is 299 g/mol. The van der Waals surface area contributed by atoms with Gasteiger partial charge in [-0.25, -0.2) is 4.79 Å². The van der Waals surface area contributed by atoms with Gasteiger partial charge in [0.1, 0.15) is 6.61 Å². The number of aromatic nitrogens is 1. The summed E-state index contributed by atoms with van der Waals surface area (Å²) < 4.78 is 4.82. The highest BCUT2D eigenvalue weighted by Crippen LogP contribution is 2.22. The molecule has 20 heavy (non-hydrogen) atoms. The van der Waals surface area contributed by atoms with Crippen LogP contribution in [0.15, 0.2) is 48.8 Å². The maximum Gasteiger partial charge on any atom is 0.407 e. The Balaban J connectivity index is 0.000000276. The number of ether oxygens (including phenoxy) is 1. The first-order valence-corrected chi connectivity index (χ1v) is 6.52. The molecule has 0 saturated heterocycles. The summed E-state index contributed by atoms with van der Waals surface area (Å²) in [4.78, 5) is 14.5. The monoisotopic (exact) mass is 312 g/mol. The van der Waals surface area contributed by atoms with Crippen molar-refractivity contribution in [1.82, 2.24) is 10.3 Å². The zero-order valence-electron chi connectivity index (χ0n) is 10.8. The van der Waals surface area contributed by atoms with Crippen molar-refractivity contribution in [1.29, 1.82) is 0 Å². The normalized spacial score (nSPS) is 9.15. The van der Waals surface area contributed by atoms with Gasteiger partial charge in [-0.15, -0.1) is 0 Å². The molecule has 106 valence electrons. The van der Waals surface area contributed by atoms with Crippen molar-refractivity contribution in [2.45, 2.75) is 6.61 Å². The molecule has 0 atom stereocenters. The van der Waals surface area contributed by atoms with Gasteiger partial charge in [-0.3, -0.25) is 4.98 Å². The lowest BCUT2D eigenvalue weighted by molar-refractivity contribution is 0.142. The molecule has 0 unspecified atom stereocenters. The van der Waals surface area contributed by atoms with Crippen molar-refractivity contribution in [2.24, 2.45) is 0 Å². The molecule has 0 aliphatic carbocycles. The highest BCUT2D eigenvalue weighted by molar-refractivity contribution is 6.42. The Hall–Kier alpha value is -1.78. The van der Waals surface area contributed by atoms with Gasteiger partial charge in [0.15, 0.2) is 0 Å². The number of carbonyl (C=O) groups excluding carboxylic acids is 1. The van der Waals surface area contributed by atoms with Gasteiger partial charge in [0.25, 0.3) is 0 Å². The highest BCUT2D eigenvalue weighted by atomic mass is 35.5. The summed E-state index contributed by atoms with van der Waals surface area (Å²) in [6, 6.07) is 10.8. The fraction of sp³-hybridized carbons (Fsp3) is 0.143. The van der Waals surface area contributed by atoms with E-state index in [-0.39, 0.29) is 6.61 Å². The van der Waals surface area contributed by atoms with Gasteiger partial charge in [0, 0.05) is 19.4 Å². The zero-order valence-corrected chi connectivity index (χ0v) is 12.4. The van der Waals surface area contributed by atoms with Crippen LogP contribution in [0.25, 0.3) is 0 Å². The predicted molar refractivity (Wildman–Crippen MR) is 79.9 cm³/mol. The van der Waals surface area contributed by atoms with Gasteiger partial charge < -0.3 is 10.1 Å². The number of nitrogens with zero attached hydrogens (tertiary/aromatic N) is 1. The van der Waals surface area contributed by atoms with Crippen LogP contribution in [0.5, 0.6) is 0 Å². The fourth-order valence-electron chi connectivity index (χ4n) is 1.16. The third-order valence-electron chi connectivity index (χ3n) is 2.12. The van der Waals surface area contributed by atoms with Crippen LogP contribution in [0.1, 0.15) is 5.56 Å². The fourth-order valence-corrected chi connectivity index (χ4v) is 1.48. The molecule has 0 saturated carbocycles. The van der Waals surface area contributed by atoms with Crippen LogP contribution >= 0.6 is 23.2 Å². The second-order valence-corrected chi connectivity index (χ2v) is 4.41. The van der Waals surface area contributed by atoms with E-state index in [1.54, 1.807) is 30.6 Å². The van der Waals surface area contributed by atoms with Crippen LogP contribution in [-0.4, -0.2) is 18.1 Å². The number of benzene rings is 1. The molecule has 1 amide bonds. The molecule has 0 aliphatic heterocycles. The first-order chi connectivity index (χ1) is 9.63. The van der Waals surface area contributed by atoms with Gasteiger partial charge in [-0.2, -0.15) is 0 Å². The first-order valence-electron chi connectivity index (χ1n) is 5.77. The number of rotatable bonds is 2. The quantitative estimate of drug-likeness (QED) is 0.914. The Morgan fingerprint density at radius 1 is 1.20 bits per heavy atom. The van der Waals surface area contributed by atoms with Crippen molar-refractivity contribution >= 4 is 29.3 Å². The minimum atomic E-state index is -0.476. The second kappa shape index (κ2) is 9.18. The molecule has 2 rings (SSSR count). The molecule has 1 heterocycles. The van der Waals surface area contributed by atoms with E-state index >= 15 is 0 Å². The summed E-state index contributed by atoms with van der Waals surface area (Å²) in [7, 11) is 1.50. The molecule has 1 N–H and O–H groups in total. The smallest absolute Gasteiger partial charge is 0.407 e. The Morgan fingerprint density at radius 3 is 2.35 bits per heavy atom. The number of amides is 1. The van der Waals surface area contributed by atoms with E-state index in [4.69, 9.17) is 27.9 Å². The van der Waals surface area contributed by atoms with Gasteiger partial charge in [0.05, 0.1) is 10.0 Å². The lowest BCUT2D eigenvalue weighted by Gasteiger charge is -2.04. The summed E-state index contributed by atoms with van der Waals surface area (Å²) >= 11 is 11.5. The molecule has 0 bridgehead atoms. The molecule has 0 spiro atoms. The van der Waals surface area contributed by atoms with Gasteiger partial charge in [0.2, 0.25) is 0 Å². The summed E-state index contributed by atoms with van der Waals surface area (Å²) in [6.45, 7) is 0.177. The van der Waals surface area contributed by atoms with Crippen LogP contribution < -0.4 is 5.32 Å². The van der Waals surface area contributed by atoms with Crippen LogP contribution in [-0.2, 0) is 11.3 Å². The molecule has 4 nitrogen and oxygen atoms in total. The second-order valence-electron chi connectivity index (χ2n) is 3.60. The minimum Gasteiger partial charge on any atom is -0.445 e. The Kier molecular flexibility index (Phi) is 7.47. The summed E-state index contributed by atoms with van der Waals surface area (Å²) in [5.41, 5.74) is 0.794. The Morgan fingerprint density at radius 2 is 1.90 bits per heavy atom. The minimum absolute atomic E-state index is 0.177. The molecule has 1 aromatic carbocycles. The SMILES string of the molecule is CNC(=O)OCc1ccc(Cl)c(Cl)c1.c1ccncc1. The van der Waals surface area contributed by atoms with E-state index in [0.29, 0.717) is 10.0 Å². The molecule has 0 aliphatic rings. The topological polar surface area (TPSA) is 51.2 Å². The van der Waals surface area contributed by atoms with Crippen molar-refractivity contribution in [3.05, 3.63) is 64.4 Å². The average molecular weight is 313 g/mol. The lowest BCUT2D eigenvalue weighted by atomic mass is 10.2. The van der Waals surface area contributed by atoms with Crippen LogP contribution in [0.4, 0.5) is 4.79 Å². The van der Waals surface area contributed by atoms with E-state index in [1.807, 2.05) is 18.2 Å². The summed E-state index contributed by atoms with van der Waals surface area (Å²) in [5, 5.41) is 3.27. The summed E-state index contributed by atoms with van der Waals surface area (Å²) in [6.07, 6.45) is 3.02. The number of hydrogen-bond acceptors (Lipinski definition) is 3. The van der Waals surface area contributed by atoms with Crippen LogP contribution in [0.3, 0.4) is 0 Å². The maximum absolute atomic E-state index is 10.7. The van der Waals surface area contributed by atoms with E-state index in [1.165, 1.54) is 7.05 Å². The predicted octanol–water partition coefficient (Wildman–Crippen LogP) is 3.93. The van der Waals surface area contributed by atoms with Crippen molar-refractivity contribution in [3.63, 3.8) is 0 Å². The van der Waals surface area contributed by atoms with Crippen LogP contribution in [0, 0.1) is 0 Å². The average Bonchev–Trinajstić information content (AvgIpc) is 2.50. The van der Waals surface area contributed by atoms with E-state index in [0.717, 1.165) is 5.56 Å². The maximum atomic E-state index is 10.7. The molecule has 6 heteroatoms. The molecule has 0 radical (unpaired) electrons. The third-order valence-corrected chi connectivity index (χ3v) is 2.86. The third kappa shape index (κ3) is 6.41. The van der Waals surface area contributed by atoms with Gasteiger partial charge in [-0.1, -0.05) is 35.3 Å². The van der Waals surface area contributed by atoms with E-state index in [9.17, 15) is 4.79 Å². The standard InChI is InChI=1S/C9H9Cl2NO2.C5H5N/c1-12-9(13)14-5-6-2-3-7(10)8(11)4-6;1-2-4-6-5-3-1/h2-4H,5H2,1H3,(H,12,13);1-5H. The number of carbonyl (C=O) groups is 1. The van der Waals surface area contributed by atoms with Gasteiger partial charge >= 0.3 is 6.09 Å². The summed E-state index contributed by atoms with van der Waals surface area (Å²) in [5.74, 6) is 0. The highest BCUT2D eigenvalue weighted by Gasteiger charge is 2.02.